The second-order valence-corrected chi connectivity index (χ2v) is 9.63. The molecule has 1 unspecified atom stereocenters. The summed E-state index contributed by atoms with van der Waals surface area (Å²) in [5, 5.41) is 11.7. The third-order valence-electron chi connectivity index (χ3n) is 5.96. The molecule has 1 aromatic heterocycles. The lowest BCUT2D eigenvalue weighted by atomic mass is 10.0. The fourth-order valence-corrected chi connectivity index (χ4v) is 4.96. The fourth-order valence-electron chi connectivity index (χ4n) is 4.11. The summed E-state index contributed by atoms with van der Waals surface area (Å²) >= 11 is 7.69. The van der Waals surface area contributed by atoms with E-state index in [1.165, 1.54) is 0 Å². The van der Waals surface area contributed by atoms with E-state index in [0.717, 1.165) is 29.2 Å². The van der Waals surface area contributed by atoms with Crippen LogP contribution in [0.3, 0.4) is 0 Å². The highest BCUT2D eigenvalue weighted by atomic mass is 35.5. The summed E-state index contributed by atoms with van der Waals surface area (Å²) in [4.78, 5) is 31.2. The summed E-state index contributed by atoms with van der Waals surface area (Å²) in [7, 11) is 0. The zero-order chi connectivity index (χ0) is 23.9. The Morgan fingerprint density at radius 1 is 1.24 bits per heavy atom. The molecule has 3 heterocycles. The lowest BCUT2D eigenvalue weighted by Crippen LogP contribution is -2.49. The van der Waals surface area contributed by atoms with Crippen LogP contribution in [-0.4, -0.2) is 84.9 Å². The summed E-state index contributed by atoms with van der Waals surface area (Å²) in [6.45, 7) is 6.52. The first-order valence-corrected chi connectivity index (χ1v) is 12.8. The molecule has 4 rings (SSSR count). The van der Waals surface area contributed by atoms with Gasteiger partial charge >= 0.3 is 6.03 Å². The molecule has 1 aromatic carbocycles. The quantitative estimate of drug-likeness (QED) is 0.598. The molecule has 34 heavy (non-hydrogen) atoms. The van der Waals surface area contributed by atoms with Crippen LogP contribution in [0.5, 0.6) is 0 Å². The standard InChI is InChI=1S/C24H30ClN5O3S/c1-2-26-24(32)29(10-9-28-11-13-33-14-12-28)17-23(31)30-21(18-5-7-19(25)8-6-18)16-20(27-30)22-4-3-15-34-22/h3-8,15,21H,2,9-14,16-17H2,1H3,(H,26,32). The molecule has 0 saturated carbocycles. The van der Waals surface area contributed by atoms with Gasteiger partial charge in [0.1, 0.15) is 6.54 Å². The molecule has 0 aliphatic carbocycles. The number of carbonyl (C=O) groups excluding carboxylic acids is 2. The Morgan fingerprint density at radius 3 is 2.68 bits per heavy atom. The van der Waals surface area contributed by atoms with Crippen molar-refractivity contribution < 1.29 is 14.3 Å². The molecule has 3 amide bonds. The minimum Gasteiger partial charge on any atom is -0.379 e. The third kappa shape index (κ3) is 6.15. The minimum atomic E-state index is -0.242. The number of urea groups is 1. The van der Waals surface area contributed by atoms with Crippen molar-refractivity contribution in [2.75, 3.05) is 52.5 Å². The Labute approximate surface area is 209 Å². The molecule has 2 aromatic rings. The summed E-state index contributed by atoms with van der Waals surface area (Å²) in [6.07, 6.45) is 0.614. The number of benzene rings is 1. The summed E-state index contributed by atoms with van der Waals surface area (Å²) in [5.41, 5.74) is 1.84. The molecule has 1 N–H and O–H groups in total. The van der Waals surface area contributed by atoms with Gasteiger partial charge in [-0.2, -0.15) is 5.10 Å². The van der Waals surface area contributed by atoms with Gasteiger partial charge in [-0.25, -0.2) is 9.80 Å². The number of hydrazone groups is 1. The second-order valence-electron chi connectivity index (χ2n) is 8.24. The number of nitrogens with zero attached hydrogens (tertiary/aromatic N) is 4. The van der Waals surface area contributed by atoms with Crippen LogP contribution in [0.1, 0.15) is 29.8 Å². The molecule has 8 nitrogen and oxygen atoms in total. The van der Waals surface area contributed by atoms with Gasteiger partial charge in [0.05, 0.1) is 29.8 Å². The minimum absolute atomic E-state index is 0.0402. The van der Waals surface area contributed by atoms with E-state index in [4.69, 9.17) is 21.4 Å². The molecule has 1 fully saturated rings. The van der Waals surface area contributed by atoms with Crippen molar-refractivity contribution in [2.45, 2.75) is 19.4 Å². The molecule has 0 radical (unpaired) electrons. The van der Waals surface area contributed by atoms with Gasteiger partial charge in [-0.15, -0.1) is 11.3 Å². The van der Waals surface area contributed by atoms with Gasteiger partial charge in [0.2, 0.25) is 0 Å². The maximum Gasteiger partial charge on any atom is 0.317 e. The number of morpholine rings is 1. The van der Waals surface area contributed by atoms with Crippen LogP contribution in [-0.2, 0) is 9.53 Å². The molecule has 0 spiro atoms. The van der Waals surface area contributed by atoms with Crippen LogP contribution >= 0.6 is 22.9 Å². The van der Waals surface area contributed by atoms with Gasteiger partial charge in [-0.1, -0.05) is 29.8 Å². The van der Waals surface area contributed by atoms with Gasteiger partial charge in [0.15, 0.2) is 0 Å². The average Bonchev–Trinajstić information content (AvgIpc) is 3.53. The third-order valence-corrected chi connectivity index (χ3v) is 7.13. The fraction of sp³-hybridized carbons (Fsp3) is 0.458. The molecule has 0 bridgehead atoms. The Bertz CT molecular complexity index is 993. The highest BCUT2D eigenvalue weighted by Crippen LogP contribution is 2.34. The van der Waals surface area contributed by atoms with E-state index in [1.54, 1.807) is 21.2 Å². The molecule has 182 valence electrons. The molecular formula is C24H30ClN5O3S. The Morgan fingerprint density at radius 2 is 2.00 bits per heavy atom. The van der Waals surface area contributed by atoms with E-state index >= 15 is 0 Å². The lowest BCUT2D eigenvalue weighted by molar-refractivity contribution is -0.133. The Hall–Kier alpha value is -2.46. The zero-order valence-electron chi connectivity index (χ0n) is 19.3. The van der Waals surface area contributed by atoms with Gasteiger partial charge in [-0.3, -0.25) is 9.69 Å². The van der Waals surface area contributed by atoms with Gasteiger partial charge in [0, 0.05) is 44.2 Å². The van der Waals surface area contributed by atoms with Crippen molar-refractivity contribution in [1.29, 1.82) is 0 Å². The van der Waals surface area contributed by atoms with Crippen molar-refractivity contribution >= 4 is 40.6 Å². The lowest BCUT2D eigenvalue weighted by Gasteiger charge is -2.31. The molecule has 1 saturated heterocycles. The van der Waals surface area contributed by atoms with E-state index in [1.807, 2.05) is 48.7 Å². The zero-order valence-corrected chi connectivity index (χ0v) is 20.9. The number of ether oxygens (including phenoxy) is 1. The molecule has 2 aliphatic rings. The smallest absolute Gasteiger partial charge is 0.317 e. The number of hydrogen-bond acceptors (Lipinski definition) is 6. The highest BCUT2D eigenvalue weighted by molar-refractivity contribution is 7.12. The largest absolute Gasteiger partial charge is 0.379 e. The molecule has 1 atom stereocenters. The summed E-state index contributed by atoms with van der Waals surface area (Å²) in [5.74, 6) is -0.209. The number of rotatable bonds is 8. The number of thiophene rings is 1. The summed E-state index contributed by atoms with van der Waals surface area (Å²) in [6, 6.07) is 11.0. The van der Waals surface area contributed by atoms with Crippen LogP contribution in [0, 0.1) is 0 Å². The predicted molar refractivity (Wildman–Crippen MR) is 134 cm³/mol. The molecule has 2 aliphatic heterocycles. The van der Waals surface area contributed by atoms with Crippen molar-refractivity contribution in [3.05, 3.63) is 57.2 Å². The second kappa shape index (κ2) is 11.8. The monoisotopic (exact) mass is 503 g/mol. The first-order valence-electron chi connectivity index (χ1n) is 11.6. The van der Waals surface area contributed by atoms with Crippen molar-refractivity contribution in [1.82, 2.24) is 20.1 Å². The predicted octanol–water partition coefficient (Wildman–Crippen LogP) is 3.44. The van der Waals surface area contributed by atoms with Gasteiger partial charge in [-0.05, 0) is 36.1 Å². The molecular weight excluding hydrogens is 474 g/mol. The Kier molecular flexibility index (Phi) is 8.55. The van der Waals surface area contributed by atoms with E-state index in [9.17, 15) is 9.59 Å². The number of hydrogen-bond donors (Lipinski definition) is 1. The van der Waals surface area contributed by atoms with Gasteiger partial charge < -0.3 is 15.0 Å². The first kappa shape index (κ1) is 24.7. The van der Waals surface area contributed by atoms with E-state index in [0.29, 0.717) is 44.3 Å². The maximum atomic E-state index is 13.5. The summed E-state index contributed by atoms with van der Waals surface area (Å²) < 4.78 is 5.41. The van der Waals surface area contributed by atoms with Crippen LogP contribution in [0.15, 0.2) is 46.9 Å². The number of nitrogens with one attached hydrogen (secondary N) is 1. The van der Waals surface area contributed by atoms with Crippen LogP contribution in [0.2, 0.25) is 5.02 Å². The van der Waals surface area contributed by atoms with Crippen molar-refractivity contribution in [2.24, 2.45) is 5.10 Å². The Balaban J connectivity index is 1.51. The van der Waals surface area contributed by atoms with Crippen molar-refractivity contribution in [3.8, 4) is 0 Å². The average molecular weight is 504 g/mol. The number of carbonyl (C=O) groups is 2. The maximum absolute atomic E-state index is 13.5. The highest BCUT2D eigenvalue weighted by Gasteiger charge is 2.34. The number of amides is 3. The van der Waals surface area contributed by atoms with Gasteiger partial charge in [0.25, 0.3) is 5.91 Å². The van der Waals surface area contributed by atoms with E-state index < -0.39 is 0 Å². The first-order chi connectivity index (χ1) is 16.5. The van der Waals surface area contributed by atoms with Crippen LogP contribution < -0.4 is 5.32 Å². The SMILES string of the molecule is CCNC(=O)N(CCN1CCOCC1)CC(=O)N1N=C(c2cccs2)CC1c1ccc(Cl)cc1. The van der Waals surface area contributed by atoms with E-state index in [-0.39, 0.29) is 24.5 Å². The number of halogens is 1. The normalized spacial score (nSPS) is 18.6. The van der Waals surface area contributed by atoms with Crippen molar-refractivity contribution in [3.63, 3.8) is 0 Å². The topological polar surface area (TPSA) is 77.5 Å². The molecule has 10 heteroatoms. The van der Waals surface area contributed by atoms with Crippen LogP contribution in [0.25, 0.3) is 0 Å². The van der Waals surface area contributed by atoms with E-state index in [2.05, 4.69) is 10.2 Å². The van der Waals surface area contributed by atoms with Crippen LogP contribution in [0.4, 0.5) is 4.79 Å².